The minimum Gasteiger partial charge on any atom is -0.480 e. The number of fused-ring (bicyclic) bond motifs is 6. The summed E-state index contributed by atoms with van der Waals surface area (Å²) in [5.74, 6) is -3.48. The van der Waals surface area contributed by atoms with Gasteiger partial charge in [-0.3, -0.25) is 28.8 Å². The van der Waals surface area contributed by atoms with Crippen molar-refractivity contribution in [3.8, 4) is 0 Å². The number of alkyl halides is 2. The number of nitrogens with one attached hydrogen (secondary N) is 2. The van der Waals surface area contributed by atoms with Crippen molar-refractivity contribution in [2.45, 2.75) is 72.2 Å². The molecule has 0 saturated carbocycles. The number of ether oxygens (including phenoxy) is 7. The maximum atomic E-state index is 12.9. The van der Waals surface area contributed by atoms with Crippen molar-refractivity contribution in [3.05, 3.63) is 357 Å². The lowest BCUT2D eigenvalue weighted by molar-refractivity contribution is -0.143. The van der Waals surface area contributed by atoms with E-state index in [9.17, 15) is 48.6 Å². The van der Waals surface area contributed by atoms with Crippen LogP contribution < -0.4 is 27.3 Å². The van der Waals surface area contributed by atoms with Crippen molar-refractivity contribution in [2.24, 2.45) is 0 Å². The molecule has 15 aromatic rings. The number of carbonyl (C=O) groups is 5. The number of hydrogen-bond acceptors (Lipinski definition) is 17. The van der Waals surface area contributed by atoms with Crippen molar-refractivity contribution in [1.82, 2.24) is 14.1 Å². The number of methoxy groups -OCH3 is 5. The number of pyridine rings is 3. The number of carboxylic acids is 3. The summed E-state index contributed by atoms with van der Waals surface area (Å²) in [5, 5.41) is 38.7. The highest BCUT2D eigenvalue weighted by atomic mass is 127. The monoisotopic (exact) mass is 2470 g/mol. The second-order valence-corrected chi connectivity index (χ2v) is 35.6. The summed E-state index contributed by atoms with van der Waals surface area (Å²) in [6.07, 6.45) is 0. The highest BCUT2D eigenvalue weighted by Gasteiger charge is 2.22. The van der Waals surface area contributed by atoms with Gasteiger partial charge in [0, 0.05) is 164 Å². The number of nitrogens with two attached hydrogens (primary N) is 1. The van der Waals surface area contributed by atoms with Gasteiger partial charge in [-0.2, -0.15) is 0 Å². The number of esters is 2. The lowest BCUT2D eigenvalue weighted by Crippen LogP contribution is -2.19. The predicted octanol–water partition coefficient (Wildman–Crippen LogP) is 26.1. The zero-order chi connectivity index (χ0) is 98.4. The fourth-order valence-corrected chi connectivity index (χ4v) is 18.4. The van der Waals surface area contributed by atoms with Crippen LogP contribution >= 0.6 is 188 Å². The number of para-hydroxylation sites is 5. The molecular formula is C99H91BrCl7I4N5O18. The summed E-state index contributed by atoms with van der Waals surface area (Å²) in [6.45, 7) is 7.78. The SMILES string of the molecule is CCOC(=O)CI.CCOC(=O)Cn1c2ccccc2c(=O)c2ccc(Cl)c(COC)c21.COCc1c(Cl)ccc2c(=O)c3ccccc3[nH]c12.COCc1c(Cl)ccc2c(=O)c3ccccc3n(CC(=O)O)c12.COCc1c(Cl)cccc1I.COCc1c(Cl)cccc1Nc1ccccc1C(=O)O.Cc1c(Cl)cccc1I.Clc1cccc(I)c1CBr.Nc1ccccc1C(=O)O. The molecule has 7 N–H and O–H groups in total. The predicted molar refractivity (Wildman–Crippen MR) is 578 cm³/mol. The Hall–Kier alpha value is -8.77. The molecule has 134 heavy (non-hydrogen) atoms. The summed E-state index contributed by atoms with van der Waals surface area (Å²) in [5.41, 5.74) is 17.2. The van der Waals surface area contributed by atoms with E-state index in [4.69, 9.17) is 120 Å². The number of aromatic carboxylic acids is 2. The van der Waals surface area contributed by atoms with Crippen LogP contribution in [-0.4, -0.2) is 112 Å². The van der Waals surface area contributed by atoms with Crippen LogP contribution in [0.1, 0.15) is 73.5 Å². The molecule has 0 aliphatic heterocycles. The van der Waals surface area contributed by atoms with Crippen LogP contribution in [0.3, 0.4) is 0 Å². The third kappa shape index (κ3) is 31.4. The number of benzene rings is 12. The molecule has 0 radical (unpaired) electrons. The molecule has 0 unspecified atom stereocenters. The molecule has 23 nitrogen and oxygen atoms in total. The molecule has 0 aliphatic carbocycles. The van der Waals surface area contributed by atoms with Gasteiger partial charge in [0.05, 0.1) is 95.1 Å². The van der Waals surface area contributed by atoms with Crippen molar-refractivity contribution in [1.29, 1.82) is 0 Å². The van der Waals surface area contributed by atoms with E-state index in [1.54, 1.807) is 179 Å². The van der Waals surface area contributed by atoms with Crippen LogP contribution in [0, 0.1) is 17.6 Å². The van der Waals surface area contributed by atoms with Gasteiger partial charge in [0.15, 0.2) is 16.3 Å². The first-order valence-corrected chi connectivity index (χ1v) is 48.7. The lowest BCUT2D eigenvalue weighted by atomic mass is 10.1. The topological polar surface area (TPSA) is 326 Å². The second kappa shape index (κ2) is 57.4. The summed E-state index contributed by atoms with van der Waals surface area (Å²) in [7, 11) is 7.94. The van der Waals surface area contributed by atoms with Gasteiger partial charge in [0.25, 0.3) is 0 Å². The number of anilines is 3. The van der Waals surface area contributed by atoms with Crippen molar-refractivity contribution in [2.75, 3.05) is 64.2 Å². The Balaban J connectivity index is 0.000000212. The van der Waals surface area contributed by atoms with E-state index >= 15 is 0 Å². The fourth-order valence-electron chi connectivity index (χ4n) is 13.0. The summed E-state index contributed by atoms with van der Waals surface area (Å²) in [6, 6.07) is 67.8. The highest BCUT2D eigenvalue weighted by molar-refractivity contribution is 14.1. The number of aromatic amines is 1. The Labute approximate surface area is 870 Å². The van der Waals surface area contributed by atoms with E-state index in [1.165, 1.54) is 31.4 Å². The molecule has 0 saturated heterocycles. The van der Waals surface area contributed by atoms with Gasteiger partial charge >= 0.3 is 29.8 Å². The van der Waals surface area contributed by atoms with Gasteiger partial charge in [-0.15, -0.1) is 0 Å². The van der Waals surface area contributed by atoms with Crippen LogP contribution in [0.2, 0.25) is 35.2 Å². The third-order valence-electron chi connectivity index (χ3n) is 19.2. The van der Waals surface area contributed by atoms with Gasteiger partial charge in [0.2, 0.25) is 0 Å². The van der Waals surface area contributed by atoms with Crippen LogP contribution in [0.15, 0.2) is 245 Å². The van der Waals surface area contributed by atoms with E-state index in [0.717, 1.165) is 57.4 Å². The standard InChI is InChI=1S/C19H18ClNO4.C17H14ClNO4.C15H14ClNO3.C15H12ClNO2.C8H8ClIO.C7H5BrClI.C7H6ClI.C7H7NO2.C4H7IO2/c1-3-25-17(22)10-21-16-7-5-4-6-12(16)19(23)13-8-9-15(20)14(11-24-2)18(13)21;1-23-9-12-13(18)7-6-11-16(12)19(8-15(20)21)14-5-3-2-4-10(14)17(11)22;1-20-9-11-12(16)6-4-8-14(11)17-13-7-3-2-5-10(13)15(18)19;1-19-8-11-12(16)7-6-10-14(11)17-13-5-3-2-4-9(13)15(10)18;1-11-5-6-7(9)3-2-4-8(6)10;8-4-5-6(9)2-1-3-7(5)10;1-5-6(8)3-2-4-7(5)9;8-6-4-2-1-3-5(6)7(9)10;1-2-7-4(6)3-5/h4-9H,3,10-11H2,1-2H3;2-7H,8-9H2,1H3,(H,20,21);2-8,17H,9H2,1H3,(H,18,19);2-7H,8H2,1H3,(H,17,18);2-4H,5H2,1H3;1-3H,4H2;2-4H,1H3;1-4H,8H2,(H,9,10);2-3H2,1H3. The molecule has 0 spiro atoms. The Morgan fingerprint density at radius 2 is 0.784 bits per heavy atom. The lowest BCUT2D eigenvalue weighted by Gasteiger charge is -2.18. The zero-order valence-corrected chi connectivity index (χ0v) is 88.7. The quantitative estimate of drug-likeness (QED) is 0.0121. The second-order valence-electron chi connectivity index (χ2n) is 28.0. The summed E-state index contributed by atoms with van der Waals surface area (Å²) >= 11 is 54.7. The van der Waals surface area contributed by atoms with Gasteiger partial charge in [-0.25, -0.2) is 9.59 Å². The van der Waals surface area contributed by atoms with Gasteiger partial charge in [0.1, 0.15) is 13.1 Å². The van der Waals surface area contributed by atoms with E-state index < -0.39 is 17.9 Å². The maximum Gasteiger partial charge on any atom is 0.337 e. The molecule has 0 bridgehead atoms. The Morgan fingerprint density at radius 3 is 1.23 bits per heavy atom. The number of H-pyrrole nitrogens is 1. The van der Waals surface area contributed by atoms with Gasteiger partial charge in [-0.1, -0.05) is 205 Å². The van der Waals surface area contributed by atoms with Gasteiger partial charge < -0.3 is 73.6 Å². The summed E-state index contributed by atoms with van der Waals surface area (Å²) < 4.78 is 42.8. The van der Waals surface area contributed by atoms with Crippen molar-refractivity contribution >= 4 is 300 Å². The zero-order valence-electron chi connectivity index (χ0n) is 73.2. The molecule has 35 heteroatoms. The molecule has 0 aliphatic rings. The van der Waals surface area contributed by atoms with Crippen molar-refractivity contribution < 1.29 is 72.5 Å². The Morgan fingerprint density at radius 1 is 0.403 bits per heavy atom. The van der Waals surface area contributed by atoms with Crippen molar-refractivity contribution in [3.63, 3.8) is 0 Å². The molecule has 12 aromatic carbocycles. The Kier molecular flexibility index (Phi) is 48.1. The summed E-state index contributed by atoms with van der Waals surface area (Å²) in [4.78, 5) is 96.6. The number of hydrogen-bond donors (Lipinski definition) is 6. The third-order valence-corrected chi connectivity index (χ3v) is 26.1. The molecule has 3 aromatic heterocycles. The average Bonchev–Trinajstić information content (AvgIpc) is 0.746. The number of rotatable bonds is 22. The molecule has 15 rings (SSSR count). The normalized spacial score (nSPS) is 10.5. The average molecular weight is 2470 g/mol. The van der Waals surface area contributed by atoms with E-state index in [2.05, 4.69) is 98.7 Å². The number of carbonyl (C=O) groups excluding carboxylic acids is 2. The largest absolute Gasteiger partial charge is 0.480 e. The number of halogens is 12. The first kappa shape index (κ1) is 112. The van der Waals surface area contributed by atoms with Gasteiger partial charge in [-0.05, 0) is 245 Å². The molecular weight excluding hydrogens is 2380 g/mol. The van der Waals surface area contributed by atoms with E-state index in [0.29, 0.717) is 134 Å². The number of carboxylic acid groups (broad SMARTS) is 3. The minimum absolute atomic E-state index is 0.0117. The molecule has 3 heterocycles. The first-order valence-electron chi connectivity index (χ1n) is 40.2. The number of nitrogens with zero attached hydrogens (tertiary/aromatic N) is 2. The van der Waals surface area contributed by atoms with Crippen LogP contribution in [-0.2, 0) is 99.0 Å². The smallest absolute Gasteiger partial charge is 0.337 e. The van der Waals surface area contributed by atoms with Crippen LogP contribution in [0.25, 0.3) is 65.4 Å². The molecule has 0 amide bonds. The molecule has 0 atom stereocenters. The highest BCUT2D eigenvalue weighted by Crippen LogP contribution is 2.35. The van der Waals surface area contributed by atoms with E-state index in [-0.39, 0.29) is 65.7 Å². The fraction of sp³-hybridized carbons (Fsp3) is 0.192. The minimum atomic E-state index is -0.997. The number of nitrogen functional groups attached to an aromatic ring is 1. The maximum absolute atomic E-state index is 12.9. The van der Waals surface area contributed by atoms with Crippen LogP contribution in [0.5, 0.6) is 0 Å². The molecule has 704 valence electrons. The van der Waals surface area contributed by atoms with E-state index in [1.807, 2.05) is 127 Å². The van der Waals surface area contributed by atoms with Crippen LogP contribution in [0.4, 0.5) is 17.1 Å². The Bertz CT molecular complexity index is 6780. The number of aromatic nitrogens is 3. The number of aliphatic carboxylic acids is 1. The molecule has 0 fully saturated rings. The first-order chi connectivity index (χ1) is 64.2.